The Balaban J connectivity index is 1.60. The van der Waals surface area contributed by atoms with E-state index >= 15 is 0 Å². The fourth-order valence-electron chi connectivity index (χ4n) is 2.51. The molecule has 0 aromatic carbocycles. The predicted octanol–water partition coefficient (Wildman–Crippen LogP) is 1.94. The first-order valence-electron chi connectivity index (χ1n) is 5.08. The van der Waals surface area contributed by atoms with Crippen LogP contribution in [0.1, 0.15) is 12.8 Å². The third-order valence-electron chi connectivity index (χ3n) is 3.32. The number of fused-ring (bicyclic) bond motifs is 1. The van der Waals surface area contributed by atoms with Crippen LogP contribution in [-0.2, 0) is 9.47 Å². The van der Waals surface area contributed by atoms with E-state index in [9.17, 15) is 8.78 Å². The van der Waals surface area contributed by atoms with Gasteiger partial charge in [-0.2, -0.15) is 0 Å². The van der Waals surface area contributed by atoms with E-state index in [2.05, 4.69) is 0 Å². The van der Waals surface area contributed by atoms with Gasteiger partial charge in [0.1, 0.15) is 0 Å². The zero-order valence-corrected chi connectivity index (χ0v) is 8.34. The van der Waals surface area contributed by atoms with Gasteiger partial charge in [-0.1, -0.05) is 0 Å². The van der Waals surface area contributed by atoms with E-state index in [-0.39, 0.29) is 24.7 Å². The van der Waals surface area contributed by atoms with Crippen molar-refractivity contribution in [1.82, 2.24) is 0 Å². The van der Waals surface area contributed by atoms with Gasteiger partial charge >= 0.3 is 0 Å². The summed E-state index contributed by atoms with van der Waals surface area (Å²) in [6, 6.07) is 0. The van der Waals surface area contributed by atoms with Gasteiger partial charge in [-0.05, 0) is 17.8 Å². The molecule has 2 aliphatic carbocycles. The summed E-state index contributed by atoms with van der Waals surface area (Å²) in [6.45, 7) is 1.79. The monoisotopic (exact) mass is 206 g/mol. The summed E-state index contributed by atoms with van der Waals surface area (Å²) in [5, 5.41) is 0. The third kappa shape index (κ3) is 2.06. The van der Waals surface area contributed by atoms with Crippen LogP contribution < -0.4 is 0 Å². The first-order chi connectivity index (χ1) is 6.64. The largest absolute Gasteiger partial charge is 0.382 e. The van der Waals surface area contributed by atoms with Crippen molar-refractivity contribution in [3.63, 3.8) is 0 Å². The smallest absolute Gasteiger partial charge is 0.248 e. The molecule has 0 radical (unpaired) electrons. The molecule has 0 amide bonds. The molecule has 2 aliphatic rings. The third-order valence-corrected chi connectivity index (χ3v) is 3.32. The number of methoxy groups -OCH3 is 1. The highest BCUT2D eigenvalue weighted by atomic mass is 19.3. The minimum Gasteiger partial charge on any atom is -0.382 e. The Morgan fingerprint density at radius 3 is 2.43 bits per heavy atom. The van der Waals surface area contributed by atoms with E-state index in [1.54, 1.807) is 7.11 Å². The fraction of sp³-hybridized carbons (Fsp3) is 1.00. The Labute approximate surface area is 82.6 Å². The first kappa shape index (κ1) is 10.3. The molecule has 2 fully saturated rings. The number of rotatable bonds is 5. The van der Waals surface area contributed by atoms with Gasteiger partial charge in [0.15, 0.2) is 0 Å². The van der Waals surface area contributed by atoms with Crippen molar-refractivity contribution in [3.05, 3.63) is 0 Å². The summed E-state index contributed by atoms with van der Waals surface area (Å²) in [5.74, 6) is -1.54. The van der Waals surface area contributed by atoms with Gasteiger partial charge in [0, 0.05) is 20.0 Å². The van der Waals surface area contributed by atoms with Gasteiger partial charge in [-0.3, -0.25) is 0 Å². The fourth-order valence-corrected chi connectivity index (χ4v) is 2.51. The van der Waals surface area contributed by atoms with Crippen LogP contribution in [0.3, 0.4) is 0 Å². The lowest BCUT2D eigenvalue weighted by atomic mass is 10.1. The van der Waals surface area contributed by atoms with E-state index < -0.39 is 5.92 Å². The molecular weight excluding hydrogens is 190 g/mol. The molecule has 14 heavy (non-hydrogen) atoms. The van der Waals surface area contributed by atoms with Gasteiger partial charge in [0.2, 0.25) is 5.92 Å². The number of halogens is 2. The van der Waals surface area contributed by atoms with Crippen molar-refractivity contribution in [3.8, 4) is 0 Å². The predicted molar refractivity (Wildman–Crippen MR) is 47.3 cm³/mol. The van der Waals surface area contributed by atoms with Crippen molar-refractivity contribution in [2.24, 2.45) is 17.8 Å². The molecular formula is C10H16F2O2. The van der Waals surface area contributed by atoms with E-state index in [4.69, 9.17) is 9.47 Å². The van der Waals surface area contributed by atoms with Gasteiger partial charge in [0.05, 0.1) is 19.8 Å². The van der Waals surface area contributed by atoms with Crippen LogP contribution in [0.25, 0.3) is 0 Å². The second-order valence-corrected chi connectivity index (χ2v) is 4.32. The van der Waals surface area contributed by atoms with Crippen LogP contribution >= 0.6 is 0 Å². The molecule has 4 heteroatoms. The van der Waals surface area contributed by atoms with E-state index in [0.29, 0.717) is 25.7 Å². The molecule has 0 N–H and O–H groups in total. The van der Waals surface area contributed by atoms with Gasteiger partial charge < -0.3 is 9.47 Å². The van der Waals surface area contributed by atoms with Gasteiger partial charge in [-0.25, -0.2) is 8.78 Å². The Hall–Kier alpha value is -0.220. The Morgan fingerprint density at radius 1 is 1.21 bits per heavy atom. The lowest BCUT2D eigenvalue weighted by Crippen LogP contribution is -2.16. The standard InChI is InChI=1S/C10H16F2O2/c1-13-2-3-14-6-9-7-4-10(11,12)5-8(7)9/h7-9H,2-6H2,1H3. The zero-order chi connectivity index (χ0) is 10.2. The Morgan fingerprint density at radius 2 is 1.86 bits per heavy atom. The maximum absolute atomic E-state index is 12.8. The highest BCUT2D eigenvalue weighted by Gasteiger charge is 2.62. The zero-order valence-electron chi connectivity index (χ0n) is 8.34. The number of ether oxygens (including phenoxy) is 2. The average molecular weight is 206 g/mol. The topological polar surface area (TPSA) is 18.5 Å². The second kappa shape index (κ2) is 3.74. The number of hydrogen-bond acceptors (Lipinski definition) is 2. The van der Waals surface area contributed by atoms with Crippen LogP contribution in [0.2, 0.25) is 0 Å². The molecule has 2 unspecified atom stereocenters. The van der Waals surface area contributed by atoms with Crippen molar-refractivity contribution in [2.45, 2.75) is 18.8 Å². The molecule has 0 aliphatic heterocycles. The molecule has 0 bridgehead atoms. The van der Waals surface area contributed by atoms with Crippen molar-refractivity contribution in [1.29, 1.82) is 0 Å². The summed E-state index contributed by atoms with van der Waals surface area (Å²) >= 11 is 0. The summed E-state index contributed by atoms with van der Waals surface area (Å²) < 4.78 is 35.7. The maximum Gasteiger partial charge on any atom is 0.248 e. The Bertz CT molecular complexity index is 194. The summed E-state index contributed by atoms with van der Waals surface area (Å²) in [4.78, 5) is 0. The van der Waals surface area contributed by atoms with Gasteiger partial charge in [-0.15, -0.1) is 0 Å². The second-order valence-electron chi connectivity index (χ2n) is 4.32. The molecule has 2 rings (SSSR count). The Kier molecular flexibility index (Phi) is 2.75. The normalized spacial score (nSPS) is 38.4. The van der Waals surface area contributed by atoms with Crippen LogP contribution in [0.4, 0.5) is 8.78 Å². The lowest BCUT2D eigenvalue weighted by molar-refractivity contribution is -0.0153. The molecule has 0 aromatic rings. The minimum atomic E-state index is -2.39. The molecule has 0 aromatic heterocycles. The van der Waals surface area contributed by atoms with E-state index in [1.165, 1.54) is 0 Å². The molecule has 0 heterocycles. The summed E-state index contributed by atoms with van der Waals surface area (Å²) in [7, 11) is 1.62. The minimum absolute atomic E-state index is 0.0793. The van der Waals surface area contributed by atoms with Gasteiger partial charge in [0.25, 0.3) is 0 Å². The number of alkyl halides is 2. The summed E-state index contributed by atoms with van der Waals surface area (Å²) in [6.07, 6.45) is 0.159. The average Bonchev–Trinajstić information content (AvgIpc) is 2.56. The quantitative estimate of drug-likeness (QED) is 0.640. The van der Waals surface area contributed by atoms with Crippen LogP contribution in [0.15, 0.2) is 0 Å². The molecule has 82 valence electrons. The highest BCUT2D eigenvalue weighted by Crippen LogP contribution is 2.62. The lowest BCUT2D eigenvalue weighted by Gasteiger charge is -2.12. The molecule has 2 saturated carbocycles. The SMILES string of the molecule is COCCOCC1C2CC(F)(F)CC12. The van der Waals surface area contributed by atoms with Crippen molar-refractivity contribution >= 4 is 0 Å². The molecule has 2 nitrogen and oxygen atoms in total. The van der Waals surface area contributed by atoms with Crippen molar-refractivity contribution < 1.29 is 18.3 Å². The molecule has 0 spiro atoms. The molecule has 2 atom stereocenters. The summed E-state index contributed by atoms with van der Waals surface area (Å²) in [5.41, 5.74) is 0. The van der Waals surface area contributed by atoms with E-state index in [1.807, 2.05) is 0 Å². The maximum atomic E-state index is 12.8. The highest BCUT2D eigenvalue weighted by molar-refractivity contribution is 5.06. The van der Waals surface area contributed by atoms with Crippen molar-refractivity contribution in [2.75, 3.05) is 26.9 Å². The number of hydrogen-bond donors (Lipinski definition) is 0. The molecule has 0 saturated heterocycles. The first-order valence-corrected chi connectivity index (χ1v) is 5.08. The van der Waals surface area contributed by atoms with E-state index in [0.717, 1.165) is 0 Å². The van der Waals surface area contributed by atoms with Crippen LogP contribution in [0.5, 0.6) is 0 Å². The van der Waals surface area contributed by atoms with Crippen LogP contribution in [-0.4, -0.2) is 32.9 Å². The van der Waals surface area contributed by atoms with Crippen LogP contribution in [0, 0.1) is 17.8 Å².